The Morgan fingerprint density at radius 1 is 1.43 bits per heavy atom. The molecular weight excluding hydrogens is 268 g/mol. The van der Waals surface area contributed by atoms with Gasteiger partial charge < -0.3 is 20.1 Å². The number of hydrogen-bond acceptors (Lipinski definition) is 3. The van der Waals surface area contributed by atoms with E-state index in [0.29, 0.717) is 37.5 Å². The highest BCUT2D eigenvalue weighted by molar-refractivity contribution is 5.74. The van der Waals surface area contributed by atoms with Crippen molar-refractivity contribution in [2.75, 3.05) is 26.3 Å². The van der Waals surface area contributed by atoms with Gasteiger partial charge in [0, 0.05) is 13.1 Å². The highest BCUT2D eigenvalue weighted by Gasteiger charge is 2.43. The van der Waals surface area contributed by atoms with Gasteiger partial charge in [0.25, 0.3) is 0 Å². The lowest BCUT2D eigenvalue weighted by atomic mass is 9.94. The third-order valence-corrected chi connectivity index (χ3v) is 4.51. The van der Waals surface area contributed by atoms with Crippen LogP contribution in [0.1, 0.15) is 46.5 Å². The van der Waals surface area contributed by atoms with E-state index in [0.717, 1.165) is 6.54 Å². The van der Waals surface area contributed by atoms with E-state index in [-0.39, 0.29) is 12.1 Å². The quantitative estimate of drug-likeness (QED) is 0.788. The van der Waals surface area contributed by atoms with Gasteiger partial charge in [-0.15, -0.1) is 0 Å². The van der Waals surface area contributed by atoms with Crippen LogP contribution in [0.4, 0.5) is 4.79 Å². The number of carbonyl (C=O) groups excluding carboxylic acids is 1. The lowest BCUT2D eigenvalue weighted by molar-refractivity contribution is -0.00455. The molecule has 0 radical (unpaired) electrons. The van der Waals surface area contributed by atoms with E-state index in [9.17, 15) is 9.90 Å². The molecule has 0 spiro atoms. The summed E-state index contributed by atoms with van der Waals surface area (Å²) in [6.45, 7) is 8.73. The summed E-state index contributed by atoms with van der Waals surface area (Å²) in [7, 11) is 0. The molecule has 1 saturated carbocycles. The van der Waals surface area contributed by atoms with Crippen molar-refractivity contribution in [2.45, 2.75) is 58.6 Å². The maximum atomic E-state index is 12.4. The third-order valence-electron chi connectivity index (χ3n) is 4.51. The van der Waals surface area contributed by atoms with Crippen LogP contribution < -0.4 is 5.32 Å². The topological polar surface area (TPSA) is 61.8 Å². The van der Waals surface area contributed by atoms with Crippen LogP contribution in [0.3, 0.4) is 0 Å². The van der Waals surface area contributed by atoms with Gasteiger partial charge in [-0.3, -0.25) is 0 Å². The maximum Gasteiger partial charge on any atom is 0.317 e. The average molecular weight is 298 g/mol. The van der Waals surface area contributed by atoms with E-state index in [2.05, 4.69) is 19.2 Å². The summed E-state index contributed by atoms with van der Waals surface area (Å²) in [4.78, 5) is 14.3. The fourth-order valence-corrected chi connectivity index (χ4v) is 3.37. The molecule has 2 N–H and O–H groups in total. The molecule has 0 aromatic heterocycles. The van der Waals surface area contributed by atoms with E-state index in [4.69, 9.17) is 4.74 Å². The van der Waals surface area contributed by atoms with Crippen LogP contribution in [0, 0.1) is 11.3 Å². The highest BCUT2D eigenvalue weighted by atomic mass is 16.5. The standard InChI is InChI=1S/C16H30N2O3/c1-12(2)9-16(4-5-16)11-17-15(20)18-6-7-21-10-14(18)8-13(3)19/h12-14,19H,4-11H2,1-3H3,(H,17,20)/t13-,14-/m1/s1. The fraction of sp³-hybridized carbons (Fsp3) is 0.938. The first kappa shape index (κ1) is 16.6. The van der Waals surface area contributed by atoms with Crippen molar-refractivity contribution in [1.82, 2.24) is 10.2 Å². The van der Waals surface area contributed by atoms with Crippen molar-refractivity contribution < 1.29 is 14.6 Å². The number of ether oxygens (including phenoxy) is 1. The number of nitrogens with zero attached hydrogens (tertiary/aromatic N) is 1. The van der Waals surface area contributed by atoms with Crippen LogP contribution in [0.25, 0.3) is 0 Å². The van der Waals surface area contributed by atoms with Crippen molar-refractivity contribution in [1.29, 1.82) is 0 Å². The molecule has 5 heteroatoms. The molecular formula is C16H30N2O3. The summed E-state index contributed by atoms with van der Waals surface area (Å²) in [6, 6.07) is -0.0158. The molecule has 0 aromatic carbocycles. The second kappa shape index (κ2) is 6.97. The molecule has 21 heavy (non-hydrogen) atoms. The van der Waals surface area contributed by atoms with E-state index < -0.39 is 6.10 Å². The van der Waals surface area contributed by atoms with E-state index >= 15 is 0 Å². The van der Waals surface area contributed by atoms with Gasteiger partial charge in [-0.25, -0.2) is 4.79 Å². The van der Waals surface area contributed by atoms with Crippen molar-refractivity contribution >= 4 is 6.03 Å². The zero-order valence-corrected chi connectivity index (χ0v) is 13.6. The van der Waals surface area contributed by atoms with E-state index in [1.165, 1.54) is 19.3 Å². The summed E-state index contributed by atoms with van der Waals surface area (Å²) in [5.41, 5.74) is 0.343. The molecule has 1 saturated heterocycles. The number of rotatable bonds is 6. The molecule has 0 bridgehead atoms. The largest absolute Gasteiger partial charge is 0.393 e. The number of aliphatic hydroxyl groups is 1. The van der Waals surface area contributed by atoms with Gasteiger partial charge >= 0.3 is 6.03 Å². The molecule has 1 heterocycles. The van der Waals surface area contributed by atoms with Crippen molar-refractivity contribution in [3.05, 3.63) is 0 Å². The Kier molecular flexibility index (Phi) is 5.49. The molecule has 2 fully saturated rings. The van der Waals surface area contributed by atoms with Crippen LogP contribution in [-0.4, -0.2) is 54.5 Å². The average Bonchev–Trinajstić information content (AvgIpc) is 3.15. The Balaban J connectivity index is 1.83. The summed E-state index contributed by atoms with van der Waals surface area (Å²) in [6.07, 6.45) is 3.80. The second-order valence-electron chi connectivity index (χ2n) is 7.26. The minimum atomic E-state index is -0.414. The lowest BCUT2D eigenvalue weighted by Gasteiger charge is -2.36. The molecule has 0 unspecified atom stereocenters. The Hall–Kier alpha value is -0.810. The number of aliphatic hydroxyl groups excluding tert-OH is 1. The number of nitrogens with one attached hydrogen (secondary N) is 1. The number of urea groups is 1. The van der Waals surface area contributed by atoms with Gasteiger partial charge in [0.05, 0.1) is 25.4 Å². The van der Waals surface area contributed by atoms with Crippen molar-refractivity contribution in [2.24, 2.45) is 11.3 Å². The smallest absolute Gasteiger partial charge is 0.317 e. The fourth-order valence-electron chi connectivity index (χ4n) is 3.37. The minimum absolute atomic E-state index is 0.000943. The highest BCUT2D eigenvalue weighted by Crippen LogP contribution is 2.50. The first-order valence-electron chi connectivity index (χ1n) is 8.22. The Labute approximate surface area is 128 Å². The second-order valence-corrected chi connectivity index (χ2v) is 7.26. The Morgan fingerprint density at radius 2 is 2.14 bits per heavy atom. The first-order chi connectivity index (χ1) is 9.92. The van der Waals surface area contributed by atoms with Gasteiger partial charge in [0.1, 0.15) is 0 Å². The van der Waals surface area contributed by atoms with Gasteiger partial charge in [-0.2, -0.15) is 0 Å². The summed E-state index contributed by atoms with van der Waals surface area (Å²) in [5.74, 6) is 0.677. The van der Waals surface area contributed by atoms with Gasteiger partial charge in [0.2, 0.25) is 0 Å². The maximum absolute atomic E-state index is 12.4. The molecule has 2 rings (SSSR count). The van der Waals surface area contributed by atoms with Crippen LogP contribution in [0.2, 0.25) is 0 Å². The monoisotopic (exact) mass is 298 g/mol. The van der Waals surface area contributed by atoms with Crippen molar-refractivity contribution in [3.63, 3.8) is 0 Å². The molecule has 2 aliphatic rings. The normalized spacial score (nSPS) is 25.8. The SMILES string of the molecule is CC(C)CC1(CNC(=O)N2CCOC[C@H]2C[C@@H](C)O)CC1. The molecule has 1 aliphatic carbocycles. The molecule has 1 aliphatic heterocycles. The first-order valence-corrected chi connectivity index (χ1v) is 8.22. The lowest BCUT2D eigenvalue weighted by Crippen LogP contribution is -2.54. The molecule has 5 nitrogen and oxygen atoms in total. The third kappa shape index (κ3) is 4.85. The van der Waals surface area contributed by atoms with Crippen LogP contribution in [0.15, 0.2) is 0 Å². The van der Waals surface area contributed by atoms with Gasteiger partial charge in [-0.1, -0.05) is 13.8 Å². The van der Waals surface area contributed by atoms with Gasteiger partial charge in [-0.05, 0) is 43.9 Å². The predicted molar refractivity (Wildman–Crippen MR) is 82.1 cm³/mol. The predicted octanol–water partition coefficient (Wildman–Crippen LogP) is 1.99. The van der Waals surface area contributed by atoms with Crippen molar-refractivity contribution in [3.8, 4) is 0 Å². The zero-order valence-electron chi connectivity index (χ0n) is 13.6. The summed E-state index contributed by atoms with van der Waals surface area (Å²) in [5, 5.41) is 12.7. The summed E-state index contributed by atoms with van der Waals surface area (Å²) < 4.78 is 5.44. The number of hydrogen-bond donors (Lipinski definition) is 2. The number of morpholine rings is 1. The Bertz CT molecular complexity index is 353. The molecule has 0 aromatic rings. The van der Waals surface area contributed by atoms with Crippen LogP contribution in [-0.2, 0) is 4.74 Å². The summed E-state index contributed by atoms with van der Waals surface area (Å²) >= 11 is 0. The zero-order chi connectivity index (χ0) is 15.5. The molecule has 2 amide bonds. The molecule has 122 valence electrons. The van der Waals surface area contributed by atoms with Crippen LogP contribution >= 0.6 is 0 Å². The minimum Gasteiger partial charge on any atom is -0.393 e. The van der Waals surface area contributed by atoms with Gasteiger partial charge in [0.15, 0.2) is 0 Å². The molecule has 2 atom stereocenters. The van der Waals surface area contributed by atoms with E-state index in [1.54, 1.807) is 6.92 Å². The number of amides is 2. The Morgan fingerprint density at radius 3 is 2.71 bits per heavy atom. The number of carbonyl (C=O) groups is 1. The van der Waals surface area contributed by atoms with Crippen LogP contribution in [0.5, 0.6) is 0 Å². The van der Waals surface area contributed by atoms with E-state index in [1.807, 2.05) is 4.90 Å².